The van der Waals surface area contributed by atoms with Gasteiger partial charge in [-0.3, -0.25) is 4.79 Å². The lowest BCUT2D eigenvalue weighted by molar-refractivity contribution is -0.137. The maximum absolute atomic E-state index is 12.0. The van der Waals surface area contributed by atoms with Gasteiger partial charge < -0.3 is 19.9 Å². The van der Waals surface area contributed by atoms with Crippen LogP contribution in [0.3, 0.4) is 0 Å². The minimum atomic E-state index is -0.920. The Hall–Kier alpha value is -1.60. The lowest BCUT2D eigenvalue weighted by Crippen LogP contribution is -2.45. The first-order valence-corrected chi connectivity index (χ1v) is 8.93. The number of carboxylic acids is 1. The lowest BCUT2D eigenvalue weighted by atomic mass is 10.1. The number of carbonyl (C=O) groups is 2. The highest BCUT2D eigenvalue weighted by atomic mass is 79.9. The van der Waals surface area contributed by atoms with Crippen molar-refractivity contribution in [3.8, 4) is 0 Å². The molecule has 1 rings (SSSR count). The highest BCUT2D eigenvalue weighted by Crippen LogP contribution is 2.15. The quantitative estimate of drug-likeness (QED) is 0.666. The molecule has 6 nitrogen and oxygen atoms in total. The number of rotatable bonds is 8. The monoisotopic (exact) mass is 415 g/mol. The Kier molecular flexibility index (Phi) is 8.38. The minimum Gasteiger partial charge on any atom is -0.481 e. The first-order chi connectivity index (χ1) is 11.6. The summed E-state index contributed by atoms with van der Waals surface area (Å²) in [7, 11) is 0. The molecule has 1 amide bonds. The van der Waals surface area contributed by atoms with Crippen LogP contribution in [0, 0.1) is 0 Å². The summed E-state index contributed by atoms with van der Waals surface area (Å²) >= 11 is 3.38. The number of aliphatic carboxylic acids is 1. The van der Waals surface area contributed by atoms with E-state index in [1.54, 1.807) is 20.8 Å². The summed E-state index contributed by atoms with van der Waals surface area (Å²) in [5, 5.41) is 11.6. The number of hydrogen-bond donors (Lipinski definition) is 2. The molecule has 140 valence electrons. The topological polar surface area (TPSA) is 84.9 Å². The molecular weight excluding hydrogens is 390 g/mol. The number of amides is 1. The Labute approximate surface area is 157 Å². The van der Waals surface area contributed by atoms with E-state index in [2.05, 4.69) is 21.2 Å². The van der Waals surface area contributed by atoms with Crippen molar-refractivity contribution in [1.29, 1.82) is 0 Å². The maximum Gasteiger partial charge on any atom is 0.407 e. The average molecular weight is 416 g/mol. The number of alkyl carbamates (subject to hydrolysis) is 1. The second-order valence-electron chi connectivity index (χ2n) is 6.83. The van der Waals surface area contributed by atoms with Crippen molar-refractivity contribution in [3.63, 3.8) is 0 Å². The second-order valence-corrected chi connectivity index (χ2v) is 7.74. The number of hydrogen-bond acceptors (Lipinski definition) is 4. The number of halogens is 1. The summed E-state index contributed by atoms with van der Waals surface area (Å²) < 4.78 is 12.0. The lowest BCUT2D eigenvalue weighted by Gasteiger charge is -2.27. The van der Waals surface area contributed by atoms with Crippen LogP contribution in [0.15, 0.2) is 28.7 Å². The van der Waals surface area contributed by atoms with Gasteiger partial charge in [0.05, 0.1) is 18.8 Å². The van der Waals surface area contributed by atoms with Gasteiger partial charge in [0.25, 0.3) is 0 Å². The predicted octanol–water partition coefficient (Wildman–Crippen LogP) is 4.11. The Balaban J connectivity index is 2.64. The van der Waals surface area contributed by atoms with Gasteiger partial charge in [0.2, 0.25) is 0 Å². The van der Waals surface area contributed by atoms with E-state index in [4.69, 9.17) is 14.6 Å². The van der Waals surface area contributed by atoms with E-state index in [0.29, 0.717) is 6.61 Å². The number of nitrogens with one attached hydrogen (secondary N) is 1. The third kappa shape index (κ3) is 9.45. The molecule has 2 atom stereocenters. The van der Waals surface area contributed by atoms with Crippen LogP contribution in [0.4, 0.5) is 4.79 Å². The minimum absolute atomic E-state index is 0.0630. The third-order valence-corrected chi connectivity index (χ3v) is 3.89. The van der Waals surface area contributed by atoms with E-state index in [1.807, 2.05) is 31.2 Å². The number of carboxylic acid groups (broad SMARTS) is 1. The molecule has 0 bridgehead atoms. The van der Waals surface area contributed by atoms with E-state index in [9.17, 15) is 9.59 Å². The standard InChI is InChI=1S/C18H26BrNO5/c1-12(24-11-13-5-7-14(19)8-6-13)15(9-10-16(21)22)20-17(23)25-18(2,3)4/h5-8,12,15H,9-11H2,1-4H3,(H,20,23)(H,21,22). The van der Waals surface area contributed by atoms with Crippen LogP contribution in [0.25, 0.3) is 0 Å². The molecule has 1 aromatic carbocycles. The molecule has 0 fully saturated rings. The van der Waals surface area contributed by atoms with Gasteiger partial charge in [-0.25, -0.2) is 4.79 Å². The van der Waals surface area contributed by atoms with Crippen molar-refractivity contribution in [2.75, 3.05) is 0 Å². The van der Waals surface area contributed by atoms with E-state index in [1.165, 1.54) is 0 Å². The summed E-state index contributed by atoms with van der Waals surface area (Å²) in [6, 6.07) is 7.25. The summed E-state index contributed by atoms with van der Waals surface area (Å²) in [5.41, 5.74) is 0.368. The van der Waals surface area contributed by atoms with Gasteiger partial charge in [0.1, 0.15) is 5.60 Å². The summed E-state index contributed by atoms with van der Waals surface area (Å²) in [5.74, 6) is -0.920. The molecule has 0 saturated carbocycles. The Bertz CT molecular complexity index is 568. The van der Waals surface area contributed by atoms with E-state index < -0.39 is 23.7 Å². The van der Waals surface area contributed by atoms with Crippen LogP contribution in [0.5, 0.6) is 0 Å². The fourth-order valence-corrected chi connectivity index (χ4v) is 2.35. The zero-order chi connectivity index (χ0) is 19.0. The van der Waals surface area contributed by atoms with Crippen molar-refractivity contribution < 1.29 is 24.2 Å². The molecule has 0 aliphatic rings. The molecule has 0 aliphatic carbocycles. The molecule has 7 heteroatoms. The van der Waals surface area contributed by atoms with Gasteiger partial charge in [-0.1, -0.05) is 28.1 Å². The Morgan fingerprint density at radius 2 is 1.84 bits per heavy atom. The fourth-order valence-electron chi connectivity index (χ4n) is 2.09. The second kappa shape index (κ2) is 9.77. The van der Waals surface area contributed by atoms with Crippen molar-refractivity contribution in [2.24, 2.45) is 0 Å². The summed E-state index contributed by atoms with van der Waals surface area (Å²) in [6.45, 7) is 7.49. The van der Waals surface area contributed by atoms with E-state index >= 15 is 0 Å². The summed E-state index contributed by atoms with van der Waals surface area (Å²) in [4.78, 5) is 22.9. The van der Waals surface area contributed by atoms with Gasteiger partial charge in [0.15, 0.2) is 0 Å². The Morgan fingerprint density at radius 1 is 1.24 bits per heavy atom. The van der Waals surface area contributed by atoms with Crippen LogP contribution in [0.2, 0.25) is 0 Å². The van der Waals surface area contributed by atoms with Crippen molar-refractivity contribution in [3.05, 3.63) is 34.3 Å². The predicted molar refractivity (Wildman–Crippen MR) is 98.4 cm³/mol. The van der Waals surface area contributed by atoms with Gasteiger partial charge >= 0.3 is 12.1 Å². The van der Waals surface area contributed by atoms with Crippen molar-refractivity contribution >= 4 is 28.0 Å². The van der Waals surface area contributed by atoms with Crippen LogP contribution in [0.1, 0.15) is 46.1 Å². The highest BCUT2D eigenvalue weighted by Gasteiger charge is 2.24. The molecule has 0 radical (unpaired) electrons. The van der Waals surface area contributed by atoms with Crippen LogP contribution in [-0.4, -0.2) is 34.9 Å². The molecule has 0 saturated heterocycles. The zero-order valence-electron chi connectivity index (χ0n) is 15.0. The molecule has 0 spiro atoms. The fraction of sp³-hybridized carbons (Fsp3) is 0.556. The number of carbonyl (C=O) groups excluding carboxylic acids is 1. The van der Waals surface area contributed by atoms with Gasteiger partial charge in [-0.2, -0.15) is 0 Å². The molecule has 0 heterocycles. The van der Waals surface area contributed by atoms with Crippen molar-refractivity contribution in [2.45, 2.75) is 64.9 Å². The molecular formula is C18H26BrNO5. The van der Waals surface area contributed by atoms with Gasteiger partial charge in [-0.05, 0) is 51.8 Å². The molecule has 2 N–H and O–H groups in total. The first-order valence-electron chi connectivity index (χ1n) is 8.14. The normalized spacial score (nSPS) is 13.8. The molecule has 1 aromatic rings. The van der Waals surface area contributed by atoms with Gasteiger partial charge in [-0.15, -0.1) is 0 Å². The highest BCUT2D eigenvalue weighted by molar-refractivity contribution is 9.10. The van der Waals surface area contributed by atoms with Crippen LogP contribution >= 0.6 is 15.9 Å². The third-order valence-electron chi connectivity index (χ3n) is 3.36. The smallest absolute Gasteiger partial charge is 0.407 e. The maximum atomic E-state index is 12.0. The largest absolute Gasteiger partial charge is 0.481 e. The number of ether oxygens (including phenoxy) is 2. The molecule has 25 heavy (non-hydrogen) atoms. The molecule has 0 aromatic heterocycles. The van der Waals surface area contributed by atoms with Crippen LogP contribution < -0.4 is 5.32 Å². The molecule has 0 aliphatic heterocycles. The first kappa shape index (κ1) is 21.4. The average Bonchev–Trinajstić information content (AvgIpc) is 2.48. The zero-order valence-corrected chi connectivity index (χ0v) is 16.6. The van der Waals surface area contributed by atoms with E-state index in [0.717, 1.165) is 10.0 Å². The van der Waals surface area contributed by atoms with E-state index in [-0.39, 0.29) is 18.9 Å². The van der Waals surface area contributed by atoms with Crippen molar-refractivity contribution in [1.82, 2.24) is 5.32 Å². The van der Waals surface area contributed by atoms with Crippen LogP contribution in [-0.2, 0) is 20.9 Å². The molecule has 2 unspecified atom stereocenters. The van der Waals surface area contributed by atoms with Gasteiger partial charge in [0, 0.05) is 10.9 Å². The number of benzene rings is 1. The Morgan fingerprint density at radius 3 is 2.36 bits per heavy atom. The SMILES string of the molecule is CC(OCc1ccc(Br)cc1)C(CCC(=O)O)NC(=O)OC(C)(C)C. The summed E-state index contributed by atoms with van der Waals surface area (Å²) in [6.07, 6.45) is -0.750.